The molecule has 2 unspecified atom stereocenters. The Morgan fingerprint density at radius 3 is 2.60 bits per heavy atom. The molecule has 1 saturated heterocycles. The number of nitrogens with zero attached hydrogens (tertiary/aromatic N) is 1. The van der Waals surface area contributed by atoms with Crippen LogP contribution in [0, 0.1) is 5.92 Å². The minimum absolute atomic E-state index is 0.138. The molecule has 2 N–H and O–H groups in total. The van der Waals surface area contributed by atoms with Gasteiger partial charge in [0.25, 0.3) is 0 Å². The molecule has 0 aromatic heterocycles. The molecule has 15 heavy (non-hydrogen) atoms. The fourth-order valence-corrected chi connectivity index (χ4v) is 2.08. The highest BCUT2D eigenvalue weighted by Crippen LogP contribution is 2.18. The van der Waals surface area contributed by atoms with Crippen molar-refractivity contribution in [1.29, 1.82) is 0 Å². The molecule has 0 saturated carbocycles. The van der Waals surface area contributed by atoms with E-state index in [1.54, 1.807) is 0 Å². The van der Waals surface area contributed by atoms with Gasteiger partial charge >= 0.3 is 0 Å². The lowest BCUT2D eigenvalue weighted by atomic mass is 10.0. The molecule has 0 aromatic rings. The topological polar surface area (TPSA) is 46.3 Å². The molecule has 0 aliphatic carbocycles. The van der Waals surface area contributed by atoms with Crippen LogP contribution in [0.25, 0.3) is 0 Å². The summed E-state index contributed by atoms with van der Waals surface area (Å²) in [6.45, 7) is 7.03. The Kier molecular flexibility index (Phi) is 4.58. The molecule has 88 valence electrons. The van der Waals surface area contributed by atoms with Crippen LogP contribution in [0.3, 0.4) is 0 Å². The van der Waals surface area contributed by atoms with E-state index >= 15 is 0 Å². The molecular formula is C12H24N2O. The third-order valence-corrected chi connectivity index (χ3v) is 3.34. The second kappa shape index (κ2) is 5.50. The molecule has 3 heteroatoms. The van der Waals surface area contributed by atoms with Gasteiger partial charge in [-0.2, -0.15) is 0 Å². The summed E-state index contributed by atoms with van der Waals surface area (Å²) < 4.78 is 0. The van der Waals surface area contributed by atoms with Gasteiger partial charge in [-0.15, -0.1) is 0 Å². The number of nitrogens with two attached hydrogens (primary N) is 1. The van der Waals surface area contributed by atoms with Crippen molar-refractivity contribution in [2.45, 2.75) is 58.5 Å². The van der Waals surface area contributed by atoms with E-state index in [0.717, 1.165) is 19.4 Å². The molecule has 1 aliphatic rings. The Bertz CT molecular complexity index is 216. The molecule has 1 fully saturated rings. The zero-order valence-corrected chi connectivity index (χ0v) is 10.2. The highest BCUT2D eigenvalue weighted by atomic mass is 16.2. The van der Waals surface area contributed by atoms with Gasteiger partial charge in [0, 0.05) is 12.6 Å². The molecule has 0 aromatic carbocycles. The normalized spacial score (nSPS) is 25.1. The largest absolute Gasteiger partial charge is 0.339 e. The van der Waals surface area contributed by atoms with Crippen molar-refractivity contribution in [1.82, 2.24) is 4.90 Å². The average molecular weight is 212 g/mol. The Labute approximate surface area is 93.0 Å². The minimum atomic E-state index is -0.328. The molecule has 0 spiro atoms. The third-order valence-electron chi connectivity index (χ3n) is 3.34. The summed E-state index contributed by atoms with van der Waals surface area (Å²) in [5.74, 6) is 0.368. The van der Waals surface area contributed by atoms with E-state index in [4.69, 9.17) is 5.73 Å². The van der Waals surface area contributed by atoms with Crippen LogP contribution in [0.2, 0.25) is 0 Å². The predicted octanol–water partition coefficient (Wildman–Crippen LogP) is 1.76. The van der Waals surface area contributed by atoms with Crippen LogP contribution in [0.4, 0.5) is 0 Å². The van der Waals surface area contributed by atoms with Crippen LogP contribution in [0.15, 0.2) is 0 Å². The average Bonchev–Trinajstić information content (AvgIpc) is 2.40. The number of carbonyl (C=O) groups is 1. The van der Waals surface area contributed by atoms with E-state index in [0.29, 0.717) is 6.04 Å². The van der Waals surface area contributed by atoms with Gasteiger partial charge in [0.15, 0.2) is 0 Å². The van der Waals surface area contributed by atoms with Crippen molar-refractivity contribution in [3.05, 3.63) is 0 Å². The van der Waals surface area contributed by atoms with E-state index in [1.807, 2.05) is 18.7 Å². The van der Waals surface area contributed by atoms with Crippen molar-refractivity contribution >= 4 is 5.91 Å². The molecule has 1 heterocycles. The van der Waals surface area contributed by atoms with E-state index in [1.165, 1.54) is 12.8 Å². The van der Waals surface area contributed by atoms with Crippen LogP contribution >= 0.6 is 0 Å². The maximum Gasteiger partial charge on any atom is 0.239 e. The first-order valence-corrected chi connectivity index (χ1v) is 6.10. The quantitative estimate of drug-likeness (QED) is 0.758. The summed E-state index contributed by atoms with van der Waals surface area (Å²) in [4.78, 5) is 14.1. The first-order valence-electron chi connectivity index (χ1n) is 6.10. The van der Waals surface area contributed by atoms with Gasteiger partial charge in [0.1, 0.15) is 0 Å². The molecule has 1 aliphatic heterocycles. The van der Waals surface area contributed by atoms with Crippen molar-refractivity contribution < 1.29 is 4.79 Å². The SMILES string of the molecule is CC(C)C(N)C(=O)N1CCCCCC1C. The molecule has 2 atom stereocenters. The minimum Gasteiger partial charge on any atom is -0.339 e. The van der Waals surface area contributed by atoms with Gasteiger partial charge in [0.05, 0.1) is 6.04 Å². The van der Waals surface area contributed by atoms with Crippen molar-refractivity contribution in [3.8, 4) is 0 Å². The number of rotatable bonds is 2. The third kappa shape index (κ3) is 3.20. The fraction of sp³-hybridized carbons (Fsp3) is 0.917. The molecule has 1 amide bonds. The molecular weight excluding hydrogens is 188 g/mol. The van der Waals surface area contributed by atoms with Crippen LogP contribution in [0.5, 0.6) is 0 Å². The first kappa shape index (κ1) is 12.5. The monoisotopic (exact) mass is 212 g/mol. The van der Waals surface area contributed by atoms with Crippen molar-refractivity contribution in [3.63, 3.8) is 0 Å². The van der Waals surface area contributed by atoms with E-state index in [2.05, 4.69) is 6.92 Å². The van der Waals surface area contributed by atoms with Crippen molar-refractivity contribution in [2.75, 3.05) is 6.54 Å². The van der Waals surface area contributed by atoms with E-state index < -0.39 is 0 Å². The second-order valence-corrected chi connectivity index (χ2v) is 5.00. The standard InChI is InChI=1S/C12H24N2O/c1-9(2)11(13)12(15)14-8-6-4-5-7-10(14)3/h9-11H,4-8,13H2,1-3H3. The summed E-state index contributed by atoms with van der Waals surface area (Å²) in [6, 6.07) is 0.0374. The smallest absolute Gasteiger partial charge is 0.239 e. The predicted molar refractivity (Wildman–Crippen MR) is 62.5 cm³/mol. The lowest BCUT2D eigenvalue weighted by Crippen LogP contribution is -2.49. The highest BCUT2D eigenvalue weighted by molar-refractivity contribution is 5.82. The van der Waals surface area contributed by atoms with Gasteiger partial charge in [0.2, 0.25) is 5.91 Å². The molecule has 3 nitrogen and oxygen atoms in total. The van der Waals surface area contributed by atoms with Gasteiger partial charge < -0.3 is 10.6 Å². The molecule has 0 bridgehead atoms. The maximum absolute atomic E-state index is 12.1. The lowest BCUT2D eigenvalue weighted by Gasteiger charge is -2.30. The summed E-state index contributed by atoms with van der Waals surface area (Å²) in [7, 11) is 0. The summed E-state index contributed by atoms with van der Waals surface area (Å²) in [5, 5.41) is 0. The number of hydrogen-bond donors (Lipinski definition) is 1. The number of likely N-dealkylation sites (tertiary alicyclic amines) is 1. The van der Waals surface area contributed by atoms with Crippen LogP contribution in [-0.4, -0.2) is 29.4 Å². The summed E-state index contributed by atoms with van der Waals surface area (Å²) >= 11 is 0. The van der Waals surface area contributed by atoms with Gasteiger partial charge in [-0.1, -0.05) is 26.7 Å². The van der Waals surface area contributed by atoms with Gasteiger partial charge in [-0.25, -0.2) is 0 Å². The highest BCUT2D eigenvalue weighted by Gasteiger charge is 2.27. The lowest BCUT2D eigenvalue weighted by molar-refractivity contribution is -0.135. The van der Waals surface area contributed by atoms with Crippen molar-refractivity contribution in [2.24, 2.45) is 11.7 Å². The second-order valence-electron chi connectivity index (χ2n) is 5.00. The van der Waals surface area contributed by atoms with Gasteiger partial charge in [-0.05, 0) is 25.7 Å². The van der Waals surface area contributed by atoms with E-state index in [9.17, 15) is 4.79 Å². The maximum atomic E-state index is 12.1. The fourth-order valence-electron chi connectivity index (χ4n) is 2.08. The number of carbonyl (C=O) groups excluding carboxylic acids is 1. The van der Waals surface area contributed by atoms with Crippen LogP contribution in [-0.2, 0) is 4.79 Å². The Morgan fingerprint density at radius 2 is 2.00 bits per heavy atom. The number of hydrogen-bond acceptors (Lipinski definition) is 2. The Balaban J connectivity index is 2.63. The Morgan fingerprint density at radius 1 is 1.33 bits per heavy atom. The van der Waals surface area contributed by atoms with Crippen LogP contribution in [0.1, 0.15) is 46.5 Å². The van der Waals surface area contributed by atoms with Gasteiger partial charge in [-0.3, -0.25) is 4.79 Å². The summed E-state index contributed by atoms with van der Waals surface area (Å²) in [5.41, 5.74) is 5.91. The zero-order valence-electron chi connectivity index (χ0n) is 10.2. The van der Waals surface area contributed by atoms with Crippen LogP contribution < -0.4 is 5.73 Å². The summed E-state index contributed by atoms with van der Waals surface area (Å²) in [6.07, 6.45) is 4.73. The molecule has 1 rings (SSSR count). The number of amides is 1. The Hall–Kier alpha value is -0.570. The first-order chi connectivity index (χ1) is 7.04. The van der Waals surface area contributed by atoms with E-state index in [-0.39, 0.29) is 17.9 Å². The zero-order chi connectivity index (χ0) is 11.4. The molecule has 0 radical (unpaired) electrons.